The highest BCUT2D eigenvalue weighted by Gasteiger charge is 2.42. The number of nitrogens with zero attached hydrogens (tertiary/aromatic N) is 2. The van der Waals surface area contributed by atoms with Crippen LogP contribution < -0.4 is 10.6 Å². The zero-order chi connectivity index (χ0) is 10.7. The van der Waals surface area contributed by atoms with Crippen LogP contribution in [0, 0.1) is 0 Å². The average Bonchev–Trinajstić information content (AvgIpc) is 2.79. The molecule has 4 nitrogen and oxygen atoms in total. The Hall–Kier alpha value is -0.610. The average molecular weight is 210 g/mol. The normalized spacial score (nSPS) is 25.5. The molecule has 0 bridgehead atoms. The van der Waals surface area contributed by atoms with E-state index in [1.54, 1.807) is 0 Å². The van der Waals surface area contributed by atoms with Crippen LogP contribution >= 0.6 is 0 Å². The third-order valence-electron chi connectivity index (χ3n) is 3.69. The largest absolute Gasteiger partial charge is 0.338 e. The third-order valence-corrected chi connectivity index (χ3v) is 3.69. The lowest BCUT2D eigenvalue weighted by Gasteiger charge is -2.36. The molecule has 1 radical (unpaired) electrons. The van der Waals surface area contributed by atoms with Crippen molar-refractivity contribution in [2.24, 2.45) is 0 Å². The Balaban J connectivity index is 2.03. The van der Waals surface area contributed by atoms with Crippen molar-refractivity contribution in [3.8, 4) is 0 Å². The predicted molar refractivity (Wildman–Crippen MR) is 58.7 cm³/mol. The van der Waals surface area contributed by atoms with E-state index in [-0.39, 0.29) is 5.54 Å². The van der Waals surface area contributed by atoms with E-state index in [1.165, 1.54) is 12.8 Å². The van der Waals surface area contributed by atoms with Gasteiger partial charge in [0.05, 0.1) is 5.54 Å². The Morgan fingerprint density at radius 1 is 1.27 bits per heavy atom. The summed E-state index contributed by atoms with van der Waals surface area (Å²) in [5, 5.41) is 7.52. The van der Waals surface area contributed by atoms with Gasteiger partial charge in [-0.1, -0.05) is 12.8 Å². The van der Waals surface area contributed by atoms with Crippen molar-refractivity contribution in [2.75, 3.05) is 33.2 Å². The third kappa shape index (κ3) is 2.01. The maximum absolute atomic E-state index is 12.4. The molecule has 4 heteroatoms. The molecule has 1 heterocycles. The molecule has 1 aliphatic carbocycles. The van der Waals surface area contributed by atoms with E-state index in [0.29, 0.717) is 5.91 Å². The van der Waals surface area contributed by atoms with Crippen LogP contribution in [-0.2, 0) is 4.79 Å². The molecule has 0 aromatic heterocycles. The van der Waals surface area contributed by atoms with Gasteiger partial charge in [-0.2, -0.15) is 0 Å². The van der Waals surface area contributed by atoms with Gasteiger partial charge in [0.25, 0.3) is 0 Å². The summed E-state index contributed by atoms with van der Waals surface area (Å²) in [6.07, 6.45) is 4.33. The lowest BCUT2D eigenvalue weighted by atomic mass is 9.95. The standard InChI is InChI=1S/C11H20N3O/c1-12-11(4-2-3-5-11)10(15)14-8-6-13-7-9-14/h12H,2-9H2,1H3. The van der Waals surface area contributed by atoms with Crippen molar-refractivity contribution in [2.45, 2.75) is 31.2 Å². The number of hydrogen-bond donors (Lipinski definition) is 1. The molecule has 0 spiro atoms. The van der Waals surface area contributed by atoms with Crippen LogP contribution in [0.3, 0.4) is 0 Å². The summed E-state index contributed by atoms with van der Waals surface area (Å²) in [5.41, 5.74) is -0.253. The molecule has 1 N–H and O–H groups in total. The van der Waals surface area contributed by atoms with Crippen LogP contribution in [-0.4, -0.2) is 49.6 Å². The second kappa shape index (κ2) is 4.49. The SMILES string of the molecule is CNC1(C(=O)N2CC[N]CC2)CCCC1. The smallest absolute Gasteiger partial charge is 0.242 e. The van der Waals surface area contributed by atoms with Crippen molar-refractivity contribution in [1.29, 1.82) is 0 Å². The first-order chi connectivity index (χ1) is 7.28. The van der Waals surface area contributed by atoms with Gasteiger partial charge in [0.1, 0.15) is 0 Å². The number of carbonyl (C=O) groups excluding carboxylic acids is 1. The first kappa shape index (κ1) is 10.9. The van der Waals surface area contributed by atoms with Gasteiger partial charge in [-0.15, -0.1) is 0 Å². The van der Waals surface area contributed by atoms with E-state index < -0.39 is 0 Å². The quantitative estimate of drug-likeness (QED) is 0.695. The molecule has 2 aliphatic rings. The Bertz CT molecular complexity index is 230. The molecule has 85 valence electrons. The van der Waals surface area contributed by atoms with Gasteiger partial charge in [-0.05, 0) is 19.9 Å². The second-order valence-corrected chi connectivity index (χ2v) is 4.50. The molecule has 2 rings (SSSR count). The number of hydrogen-bond acceptors (Lipinski definition) is 2. The number of amides is 1. The maximum Gasteiger partial charge on any atom is 0.242 e. The fourth-order valence-corrected chi connectivity index (χ4v) is 2.66. The number of likely N-dealkylation sites (N-methyl/N-ethyl adjacent to an activating group) is 1. The van der Waals surface area contributed by atoms with E-state index in [0.717, 1.165) is 39.0 Å². The fraction of sp³-hybridized carbons (Fsp3) is 0.909. The van der Waals surface area contributed by atoms with Gasteiger partial charge in [0.2, 0.25) is 5.91 Å². The first-order valence-electron chi connectivity index (χ1n) is 5.90. The van der Waals surface area contributed by atoms with Crippen LogP contribution in [0.2, 0.25) is 0 Å². The molecule has 0 aromatic carbocycles. The predicted octanol–water partition coefficient (Wildman–Crippen LogP) is -0.0348. The molecular formula is C11H20N3O. The lowest BCUT2D eigenvalue weighted by molar-refractivity contribution is -0.138. The highest BCUT2D eigenvalue weighted by atomic mass is 16.2. The van der Waals surface area contributed by atoms with Crippen molar-refractivity contribution < 1.29 is 4.79 Å². The summed E-state index contributed by atoms with van der Waals surface area (Å²) in [6, 6.07) is 0. The Labute approximate surface area is 91.4 Å². The Kier molecular flexibility index (Phi) is 3.26. The van der Waals surface area contributed by atoms with E-state index in [1.807, 2.05) is 11.9 Å². The molecule has 0 unspecified atom stereocenters. The zero-order valence-electron chi connectivity index (χ0n) is 9.46. The summed E-state index contributed by atoms with van der Waals surface area (Å²) >= 11 is 0. The van der Waals surface area contributed by atoms with Crippen molar-refractivity contribution in [3.05, 3.63) is 0 Å². The molecule has 1 aliphatic heterocycles. The highest BCUT2D eigenvalue weighted by Crippen LogP contribution is 2.31. The number of nitrogens with one attached hydrogen (secondary N) is 1. The minimum Gasteiger partial charge on any atom is -0.338 e. The molecule has 1 saturated carbocycles. The fourth-order valence-electron chi connectivity index (χ4n) is 2.66. The molecule has 15 heavy (non-hydrogen) atoms. The molecule has 0 atom stereocenters. The van der Waals surface area contributed by atoms with Gasteiger partial charge in [0, 0.05) is 26.2 Å². The minimum atomic E-state index is -0.253. The van der Waals surface area contributed by atoms with Crippen molar-refractivity contribution >= 4 is 5.91 Å². The van der Waals surface area contributed by atoms with Crippen LogP contribution in [0.15, 0.2) is 0 Å². The van der Waals surface area contributed by atoms with Crippen LogP contribution in [0.25, 0.3) is 0 Å². The molecular weight excluding hydrogens is 190 g/mol. The Morgan fingerprint density at radius 3 is 2.40 bits per heavy atom. The van der Waals surface area contributed by atoms with Gasteiger partial charge in [-0.3, -0.25) is 4.79 Å². The minimum absolute atomic E-state index is 0.253. The van der Waals surface area contributed by atoms with Gasteiger partial charge in [0.15, 0.2) is 0 Å². The van der Waals surface area contributed by atoms with E-state index >= 15 is 0 Å². The van der Waals surface area contributed by atoms with E-state index in [2.05, 4.69) is 10.6 Å². The van der Waals surface area contributed by atoms with Gasteiger partial charge < -0.3 is 10.2 Å². The lowest BCUT2D eigenvalue weighted by Crippen LogP contribution is -2.58. The molecule has 2 fully saturated rings. The van der Waals surface area contributed by atoms with Crippen LogP contribution in [0.1, 0.15) is 25.7 Å². The van der Waals surface area contributed by atoms with Gasteiger partial charge >= 0.3 is 0 Å². The number of carbonyl (C=O) groups is 1. The number of piperazine rings is 1. The molecule has 1 saturated heterocycles. The van der Waals surface area contributed by atoms with Crippen molar-refractivity contribution in [3.63, 3.8) is 0 Å². The number of rotatable bonds is 2. The summed E-state index contributed by atoms with van der Waals surface area (Å²) in [6.45, 7) is 3.24. The monoisotopic (exact) mass is 210 g/mol. The summed E-state index contributed by atoms with van der Waals surface area (Å²) < 4.78 is 0. The first-order valence-corrected chi connectivity index (χ1v) is 5.90. The highest BCUT2D eigenvalue weighted by molar-refractivity contribution is 5.86. The topological polar surface area (TPSA) is 46.4 Å². The van der Waals surface area contributed by atoms with Gasteiger partial charge in [-0.25, -0.2) is 5.32 Å². The second-order valence-electron chi connectivity index (χ2n) is 4.50. The van der Waals surface area contributed by atoms with E-state index in [4.69, 9.17) is 0 Å². The van der Waals surface area contributed by atoms with Crippen LogP contribution in [0.5, 0.6) is 0 Å². The van der Waals surface area contributed by atoms with Crippen LogP contribution in [0.4, 0.5) is 0 Å². The summed E-state index contributed by atoms with van der Waals surface area (Å²) in [5.74, 6) is 0.303. The van der Waals surface area contributed by atoms with Crippen molar-refractivity contribution in [1.82, 2.24) is 15.5 Å². The van der Waals surface area contributed by atoms with E-state index in [9.17, 15) is 4.79 Å². The maximum atomic E-state index is 12.4. The Morgan fingerprint density at radius 2 is 1.87 bits per heavy atom. The molecule has 0 aromatic rings. The summed E-state index contributed by atoms with van der Waals surface area (Å²) in [7, 11) is 1.91. The zero-order valence-corrected chi connectivity index (χ0v) is 9.46. The summed E-state index contributed by atoms with van der Waals surface area (Å²) in [4.78, 5) is 14.4. The molecule has 1 amide bonds.